The van der Waals surface area contributed by atoms with E-state index in [0.29, 0.717) is 5.82 Å². The smallest absolute Gasteiger partial charge is 0.184 e. The minimum atomic E-state index is 0.691. The second-order valence-electron chi connectivity index (χ2n) is 5.21. The fourth-order valence-corrected chi connectivity index (χ4v) is 2.55. The monoisotopic (exact) mass is 286 g/mol. The number of hydrogen-bond donors (Lipinski definition) is 0. The van der Waals surface area contributed by atoms with Crippen LogP contribution in [0.4, 0.5) is 0 Å². The van der Waals surface area contributed by atoms with Crippen molar-refractivity contribution >= 4 is 5.65 Å². The van der Waals surface area contributed by atoms with Crippen LogP contribution in [0.2, 0.25) is 0 Å². The molecule has 106 valence electrons. The largest absolute Gasteiger partial charge is 0.255 e. The Morgan fingerprint density at radius 1 is 0.955 bits per heavy atom. The van der Waals surface area contributed by atoms with Crippen molar-refractivity contribution in [3.05, 3.63) is 72.6 Å². The van der Waals surface area contributed by atoms with E-state index >= 15 is 0 Å². The van der Waals surface area contributed by atoms with Gasteiger partial charge in [0, 0.05) is 23.5 Å². The summed E-state index contributed by atoms with van der Waals surface area (Å²) in [4.78, 5) is 9.15. The Balaban J connectivity index is 1.92. The molecule has 0 spiro atoms. The van der Waals surface area contributed by atoms with Crippen LogP contribution < -0.4 is 0 Å². The molecule has 0 aliphatic heterocycles. The second-order valence-corrected chi connectivity index (χ2v) is 5.21. The Kier molecular flexibility index (Phi) is 2.93. The number of benzene rings is 1. The number of fused-ring (bicyclic) bond motifs is 1. The topological polar surface area (TPSA) is 43.1 Å². The van der Waals surface area contributed by atoms with E-state index in [9.17, 15) is 0 Å². The maximum atomic E-state index is 4.60. The molecule has 0 aliphatic rings. The third kappa shape index (κ3) is 2.15. The minimum absolute atomic E-state index is 0.691. The lowest BCUT2D eigenvalue weighted by molar-refractivity contribution is 0.965. The molecule has 0 atom stereocenters. The molecular weight excluding hydrogens is 272 g/mol. The summed E-state index contributed by atoms with van der Waals surface area (Å²) in [5, 5.41) is 4.56. The van der Waals surface area contributed by atoms with Crippen molar-refractivity contribution < 1.29 is 0 Å². The number of aryl methyl sites for hydroxylation is 1. The van der Waals surface area contributed by atoms with Gasteiger partial charge in [0.15, 0.2) is 11.5 Å². The summed E-state index contributed by atoms with van der Waals surface area (Å²) in [5.41, 5.74) is 4.96. The average molecular weight is 286 g/mol. The zero-order valence-electron chi connectivity index (χ0n) is 12.1. The Morgan fingerprint density at radius 3 is 2.77 bits per heavy atom. The van der Waals surface area contributed by atoms with E-state index in [-0.39, 0.29) is 0 Å². The molecule has 0 aliphatic carbocycles. The summed E-state index contributed by atoms with van der Waals surface area (Å²) in [5.74, 6) is 0.691. The molecule has 3 heterocycles. The minimum Gasteiger partial charge on any atom is -0.255 e. The number of nitrogens with zero attached hydrogens (tertiary/aromatic N) is 4. The first-order valence-electron chi connectivity index (χ1n) is 7.15. The zero-order valence-corrected chi connectivity index (χ0v) is 12.1. The molecule has 4 rings (SSSR count). The fourth-order valence-electron chi connectivity index (χ4n) is 2.55. The van der Waals surface area contributed by atoms with Gasteiger partial charge in [0.05, 0.1) is 5.69 Å². The molecule has 0 N–H and O–H groups in total. The highest BCUT2D eigenvalue weighted by molar-refractivity contribution is 5.78. The Morgan fingerprint density at radius 2 is 1.91 bits per heavy atom. The summed E-state index contributed by atoms with van der Waals surface area (Å²) in [6.45, 7) is 2.08. The summed E-state index contributed by atoms with van der Waals surface area (Å²) in [6, 6.07) is 18.1. The number of pyridine rings is 2. The molecule has 0 saturated carbocycles. The molecule has 0 radical (unpaired) electrons. The predicted octanol–water partition coefficient (Wildman–Crippen LogP) is 3.77. The van der Waals surface area contributed by atoms with Gasteiger partial charge < -0.3 is 0 Å². The number of hydrogen-bond acceptors (Lipinski definition) is 3. The van der Waals surface area contributed by atoms with Crippen molar-refractivity contribution in [3.8, 4) is 22.6 Å². The van der Waals surface area contributed by atoms with Crippen LogP contribution in [-0.2, 0) is 0 Å². The van der Waals surface area contributed by atoms with Gasteiger partial charge in [0.1, 0.15) is 0 Å². The van der Waals surface area contributed by atoms with Crippen LogP contribution in [0.15, 0.2) is 67.0 Å². The zero-order chi connectivity index (χ0) is 14.9. The van der Waals surface area contributed by atoms with Gasteiger partial charge in [-0.3, -0.25) is 4.98 Å². The highest BCUT2D eigenvalue weighted by Crippen LogP contribution is 2.28. The quantitative estimate of drug-likeness (QED) is 0.563. The van der Waals surface area contributed by atoms with Gasteiger partial charge in [-0.1, -0.05) is 29.8 Å². The van der Waals surface area contributed by atoms with Crippen LogP contribution in [0.3, 0.4) is 0 Å². The molecule has 3 aromatic heterocycles. The Bertz CT molecular complexity index is 923. The van der Waals surface area contributed by atoms with Crippen molar-refractivity contribution in [2.45, 2.75) is 6.92 Å². The molecule has 0 amide bonds. The lowest BCUT2D eigenvalue weighted by atomic mass is 10.0. The van der Waals surface area contributed by atoms with Crippen molar-refractivity contribution in [2.75, 3.05) is 0 Å². The van der Waals surface area contributed by atoms with E-state index in [1.54, 1.807) is 10.7 Å². The molecule has 1 aromatic carbocycles. The lowest BCUT2D eigenvalue weighted by Gasteiger charge is -2.06. The molecule has 4 aromatic rings. The van der Waals surface area contributed by atoms with Gasteiger partial charge in [-0.15, -0.1) is 5.10 Å². The number of rotatable bonds is 2. The number of aromatic nitrogens is 4. The molecule has 4 nitrogen and oxygen atoms in total. The molecule has 0 saturated heterocycles. The first kappa shape index (κ1) is 12.7. The highest BCUT2D eigenvalue weighted by Gasteiger charge is 2.13. The highest BCUT2D eigenvalue weighted by atomic mass is 15.3. The van der Waals surface area contributed by atoms with Crippen LogP contribution in [0, 0.1) is 6.92 Å². The molecule has 4 heteroatoms. The fraction of sp³-hybridized carbons (Fsp3) is 0.0556. The predicted molar refractivity (Wildman–Crippen MR) is 86.4 cm³/mol. The van der Waals surface area contributed by atoms with Gasteiger partial charge >= 0.3 is 0 Å². The summed E-state index contributed by atoms with van der Waals surface area (Å²) in [7, 11) is 0. The molecule has 0 bridgehead atoms. The average Bonchev–Trinajstić information content (AvgIpc) is 2.99. The van der Waals surface area contributed by atoms with Crippen molar-refractivity contribution in [3.63, 3.8) is 0 Å². The van der Waals surface area contributed by atoms with Crippen LogP contribution >= 0.6 is 0 Å². The normalized spacial score (nSPS) is 11.0. The van der Waals surface area contributed by atoms with Crippen LogP contribution in [-0.4, -0.2) is 19.6 Å². The first-order valence-corrected chi connectivity index (χ1v) is 7.15. The maximum Gasteiger partial charge on any atom is 0.184 e. The maximum absolute atomic E-state index is 4.60. The van der Waals surface area contributed by atoms with Gasteiger partial charge in [-0.25, -0.2) is 9.50 Å². The Hall–Kier alpha value is -3.01. The first-order chi connectivity index (χ1) is 10.8. The van der Waals surface area contributed by atoms with Gasteiger partial charge in [0.2, 0.25) is 0 Å². The molecule has 22 heavy (non-hydrogen) atoms. The molecular formula is C18H14N4. The SMILES string of the molecule is Cc1cccc(-c2ncccc2-c2nc3ccccn3n2)c1. The van der Waals surface area contributed by atoms with Crippen molar-refractivity contribution in [1.82, 2.24) is 19.6 Å². The molecule has 0 fully saturated rings. The van der Waals surface area contributed by atoms with Gasteiger partial charge in [-0.05, 0) is 37.3 Å². The summed E-state index contributed by atoms with van der Waals surface area (Å²) < 4.78 is 1.78. The van der Waals surface area contributed by atoms with E-state index in [0.717, 1.165) is 22.5 Å². The van der Waals surface area contributed by atoms with Crippen molar-refractivity contribution in [1.29, 1.82) is 0 Å². The molecule has 0 unspecified atom stereocenters. The van der Waals surface area contributed by atoms with E-state index in [2.05, 4.69) is 40.2 Å². The van der Waals surface area contributed by atoms with Gasteiger partial charge in [0.25, 0.3) is 0 Å². The van der Waals surface area contributed by atoms with Gasteiger partial charge in [-0.2, -0.15) is 0 Å². The summed E-state index contributed by atoms with van der Waals surface area (Å²) >= 11 is 0. The summed E-state index contributed by atoms with van der Waals surface area (Å²) in [6.07, 6.45) is 3.70. The van der Waals surface area contributed by atoms with Crippen molar-refractivity contribution in [2.24, 2.45) is 0 Å². The Labute approximate surface area is 128 Å². The third-order valence-electron chi connectivity index (χ3n) is 3.58. The van der Waals surface area contributed by atoms with E-state index in [1.807, 2.05) is 42.6 Å². The van der Waals surface area contributed by atoms with Crippen LogP contribution in [0.25, 0.3) is 28.3 Å². The second kappa shape index (κ2) is 5.07. The van der Waals surface area contributed by atoms with E-state index < -0.39 is 0 Å². The third-order valence-corrected chi connectivity index (χ3v) is 3.58. The van der Waals surface area contributed by atoms with Crippen LogP contribution in [0.1, 0.15) is 5.56 Å². The lowest BCUT2D eigenvalue weighted by Crippen LogP contribution is -1.91. The van der Waals surface area contributed by atoms with Crippen LogP contribution in [0.5, 0.6) is 0 Å². The van der Waals surface area contributed by atoms with E-state index in [4.69, 9.17) is 0 Å². The van der Waals surface area contributed by atoms with E-state index in [1.165, 1.54) is 5.56 Å². The standard InChI is InChI=1S/C18H14N4/c1-13-6-4-7-14(12-13)17-15(8-5-10-19-17)18-20-16-9-2-3-11-22(16)21-18/h2-12H,1H3.